The van der Waals surface area contributed by atoms with Crippen LogP contribution in [0, 0.1) is 22.6 Å². The van der Waals surface area contributed by atoms with Gasteiger partial charge in [-0.05, 0) is 17.7 Å². The highest BCUT2D eigenvalue weighted by atomic mass is 32.2. The lowest BCUT2D eigenvalue weighted by molar-refractivity contribution is -0.141. The van der Waals surface area contributed by atoms with Crippen LogP contribution < -0.4 is 0 Å². The highest BCUT2D eigenvalue weighted by molar-refractivity contribution is 7.92. The third kappa shape index (κ3) is 1.88. The van der Waals surface area contributed by atoms with Crippen LogP contribution in [0.5, 0.6) is 0 Å². The van der Waals surface area contributed by atoms with Crippen LogP contribution in [-0.2, 0) is 14.6 Å². The van der Waals surface area contributed by atoms with E-state index >= 15 is 0 Å². The van der Waals surface area contributed by atoms with Crippen LogP contribution in [0.1, 0.15) is 18.4 Å². The lowest BCUT2D eigenvalue weighted by Crippen LogP contribution is -2.23. The van der Waals surface area contributed by atoms with Crippen molar-refractivity contribution in [3.63, 3.8) is 0 Å². The highest BCUT2D eigenvalue weighted by Gasteiger charge is 2.76. The number of nitrogens with zero attached hydrogens (tertiary/aromatic N) is 1. The maximum atomic E-state index is 13.2. The number of halogens is 1. The van der Waals surface area contributed by atoms with Gasteiger partial charge in [0.1, 0.15) is 11.1 Å². The van der Waals surface area contributed by atoms with Crippen molar-refractivity contribution >= 4 is 15.8 Å². The summed E-state index contributed by atoms with van der Waals surface area (Å²) in [7, 11) is -3.73. The van der Waals surface area contributed by atoms with Gasteiger partial charge in [-0.1, -0.05) is 19.1 Å². The Morgan fingerprint density at radius 1 is 1.55 bits per heavy atom. The van der Waals surface area contributed by atoms with Crippen molar-refractivity contribution < 1.29 is 22.7 Å². The average Bonchev–Trinajstić information content (AvgIpc) is 3.10. The summed E-state index contributed by atoms with van der Waals surface area (Å²) in [5.74, 6) is -3.39. The molecule has 1 aliphatic carbocycles. The Bertz CT molecular complexity index is 709. The first-order valence-corrected chi connectivity index (χ1v) is 7.64. The fourth-order valence-electron chi connectivity index (χ4n) is 2.60. The second-order valence-corrected chi connectivity index (χ2v) is 7.10. The zero-order valence-corrected chi connectivity index (χ0v) is 11.4. The Morgan fingerprint density at radius 2 is 2.20 bits per heavy atom. The third-order valence-electron chi connectivity index (χ3n) is 3.67. The first kappa shape index (κ1) is 14.5. The minimum atomic E-state index is -3.73. The van der Waals surface area contributed by atoms with Crippen LogP contribution in [0.4, 0.5) is 4.39 Å². The Kier molecular flexibility index (Phi) is 3.30. The minimum absolute atomic E-state index is 0.218. The number of rotatable bonds is 4. The SMILES string of the molecule is CCS(=O)(=O)[C@H]1[C@H](c2cccc(F)c2)[C@@]1(C#N)C(=O)O. The van der Waals surface area contributed by atoms with Gasteiger partial charge in [0.2, 0.25) is 0 Å². The first-order chi connectivity index (χ1) is 9.31. The molecule has 3 atom stereocenters. The van der Waals surface area contributed by atoms with E-state index in [4.69, 9.17) is 5.26 Å². The fraction of sp³-hybridized carbons (Fsp3) is 0.385. The third-order valence-corrected chi connectivity index (χ3v) is 5.89. The number of carbonyl (C=O) groups is 1. The van der Waals surface area contributed by atoms with Gasteiger partial charge < -0.3 is 5.11 Å². The summed E-state index contributed by atoms with van der Waals surface area (Å²) in [5.41, 5.74) is -1.81. The van der Waals surface area contributed by atoms with Crippen LogP contribution in [0.3, 0.4) is 0 Å². The van der Waals surface area contributed by atoms with E-state index in [0.29, 0.717) is 0 Å². The molecule has 0 saturated heterocycles. The summed E-state index contributed by atoms with van der Waals surface area (Å²) in [6, 6.07) is 6.66. The smallest absolute Gasteiger partial charge is 0.326 e. The van der Waals surface area contributed by atoms with Crippen molar-refractivity contribution in [2.24, 2.45) is 5.41 Å². The van der Waals surface area contributed by atoms with Gasteiger partial charge in [-0.3, -0.25) is 4.79 Å². The predicted molar refractivity (Wildman–Crippen MR) is 68.1 cm³/mol. The van der Waals surface area contributed by atoms with Gasteiger partial charge in [0, 0.05) is 11.7 Å². The number of hydrogen-bond donors (Lipinski definition) is 1. The molecule has 1 aromatic carbocycles. The second kappa shape index (κ2) is 4.56. The largest absolute Gasteiger partial charge is 0.480 e. The Hall–Kier alpha value is -1.94. The fourth-order valence-corrected chi connectivity index (χ4v) is 4.53. The standard InChI is InChI=1S/C13H12FNO4S/c1-2-20(18,19)11-10(13(11,7-15)12(16)17)8-4-3-5-9(14)6-8/h3-6,10-11H,2H2,1H3,(H,16,17)/t10-,11-,13+/m0/s1. The van der Waals surface area contributed by atoms with Gasteiger partial charge in [0.25, 0.3) is 0 Å². The molecule has 7 heteroatoms. The lowest BCUT2D eigenvalue weighted by Gasteiger charge is -2.02. The van der Waals surface area contributed by atoms with E-state index in [1.165, 1.54) is 25.1 Å². The minimum Gasteiger partial charge on any atom is -0.480 e. The summed E-state index contributed by atoms with van der Waals surface area (Å²) in [6.07, 6.45) is 0. The van der Waals surface area contributed by atoms with Gasteiger partial charge in [-0.2, -0.15) is 5.26 Å². The molecular weight excluding hydrogens is 285 g/mol. The lowest BCUT2D eigenvalue weighted by atomic mass is 10.0. The Balaban J connectivity index is 2.58. The van der Waals surface area contributed by atoms with Crippen molar-refractivity contribution in [1.29, 1.82) is 5.26 Å². The molecule has 0 aromatic heterocycles. The van der Waals surface area contributed by atoms with Crippen molar-refractivity contribution in [2.75, 3.05) is 5.75 Å². The van der Waals surface area contributed by atoms with Gasteiger partial charge >= 0.3 is 5.97 Å². The van der Waals surface area contributed by atoms with Gasteiger partial charge in [0.05, 0.1) is 6.07 Å². The summed E-state index contributed by atoms with van der Waals surface area (Å²) < 4.78 is 37.2. The van der Waals surface area contributed by atoms with Crippen molar-refractivity contribution in [3.05, 3.63) is 35.6 Å². The summed E-state index contributed by atoms with van der Waals surface area (Å²) in [6.45, 7) is 1.39. The second-order valence-electron chi connectivity index (χ2n) is 4.69. The normalized spacial score (nSPS) is 28.6. The van der Waals surface area contributed by atoms with E-state index in [9.17, 15) is 22.7 Å². The van der Waals surface area contributed by atoms with E-state index in [-0.39, 0.29) is 11.3 Å². The number of hydrogen-bond acceptors (Lipinski definition) is 4. The average molecular weight is 297 g/mol. The summed E-state index contributed by atoms with van der Waals surface area (Å²) in [4.78, 5) is 11.4. The number of nitriles is 1. The monoisotopic (exact) mass is 297 g/mol. The van der Waals surface area contributed by atoms with Crippen molar-refractivity contribution in [2.45, 2.75) is 18.1 Å². The van der Waals surface area contributed by atoms with Crippen LogP contribution in [0.2, 0.25) is 0 Å². The van der Waals surface area contributed by atoms with Crippen LogP contribution in [0.15, 0.2) is 24.3 Å². The van der Waals surface area contributed by atoms with Crippen LogP contribution in [0.25, 0.3) is 0 Å². The van der Waals surface area contributed by atoms with Crippen molar-refractivity contribution in [3.8, 4) is 6.07 Å². The van der Waals surface area contributed by atoms with E-state index in [2.05, 4.69) is 0 Å². The number of aliphatic carboxylic acids is 1. The molecule has 0 aliphatic heterocycles. The first-order valence-electron chi connectivity index (χ1n) is 5.93. The molecule has 1 fully saturated rings. The maximum absolute atomic E-state index is 13.2. The Morgan fingerprint density at radius 3 is 2.65 bits per heavy atom. The van der Waals surface area contributed by atoms with Crippen molar-refractivity contribution in [1.82, 2.24) is 0 Å². The molecule has 1 saturated carbocycles. The van der Waals surface area contributed by atoms with Gasteiger partial charge in [0.15, 0.2) is 15.3 Å². The van der Waals surface area contributed by atoms with Crippen LogP contribution >= 0.6 is 0 Å². The number of carboxylic acid groups (broad SMARTS) is 1. The molecule has 0 bridgehead atoms. The molecule has 0 spiro atoms. The van der Waals surface area contributed by atoms with Crippen LogP contribution in [-0.4, -0.2) is 30.5 Å². The molecule has 1 aromatic rings. The number of carboxylic acids is 1. The molecular formula is C13H12FNO4S. The zero-order chi connectivity index (χ0) is 15.1. The molecule has 1 aliphatic rings. The molecule has 1 N–H and O–H groups in total. The molecule has 20 heavy (non-hydrogen) atoms. The summed E-state index contributed by atoms with van der Waals surface area (Å²) in [5, 5.41) is 17.1. The molecule has 0 heterocycles. The van der Waals surface area contributed by atoms with E-state index in [1.54, 1.807) is 6.07 Å². The van der Waals surface area contributed by atoms with E-state index in [1.807, 2.05) is 0 Å². The van der Waals surface area contributed by atoms with Gasteiger partial charge in [-0.25, -0.2) is 12.8 Å². The predicted octanol–water partition coefficient (Wildman–Crippen LogP) is 1.32. The number of sulfone groups is 1. The number of benzene rings is 1. The molecule has 0 radical (unpaired) electrons. The molecule has 0 amide bonds. The zero-order valence-electron chi connectivity index (χ0n) is 10.6. The molecule has 0 unspecified atom stereocenters. The quantitative estimate of drug-likeness (QED) is 0.904. The molecule has 106 valence electrons. The molecule has 5 nitrogen and oxygen atoms in total. The van der Waals surface area contributed by atoms with E-state index in [0.717, 1.165) is 6.07 Å². The molecule has 2 rings (SSSR count). The summed E-state index contributed by atoms with van der Waals surface area (Å²) >= 11 is 0. The van der Waals surface area contributed by atoms with Gasteiger partial charge in [-0.15, -0.1) is 0 Å². The topological polar surface area (TPSA) is 95.2 Å². The maximum Gasteiger partial charge on any atom is 0.326 e. The van der Waals surface area contributed by atoms with E-state index < -0.39 is 38.2 Å². The highest BCUT2D eigenvalue weighted by Crippen LogP contribution is 2.63. The Labute approximate surface area is 115 Å².